The van der Waals surface area contributed by atoms with Gasteiger partial charge in [0.1, 0.15) is 0 Å². The van der Waals surface area contributed by atoms with E-state index in [2.05, 4.69) is 11.6 Å². The molecule has 0 aliphatic carbocycles. The molecule has 0 aliphatic rings. The van der Waals surface area contributed by atoms with Crippen molar-refractivity contribution in [3.05, 3.63) is 35.9 Å². The molecule has 18 heavy (non-hydrogen) atoms. The maximum atomic E-state index is 11.6. The lowest BCUT2D eigenvalue weighted by atomic mass is 10.0. The van der Waals surface area contributed by atoms with Crippen molar-refractivity contribution in [1.29, 1.82) is 0 Å². The number of halogens is 1. The molecule has 1 atom stereocenters. The first-order valence-corrected chi connectivity index (χ1v) is 7.19. The van der Waals surface area contributed by atoms with Gasteiger partial charge in [-0.05, 0) is 24.0 Å². The zero-order valence-electron chi connectivity index (χ0n) is 10.6. The van der Waals surface area contributed by atoms with Gasteiger partial charge in [0.15, 0.2) is 0 Å². The summed E-state index contributed by atoms with van der Waals surface area (Å²) in [5.41, 5.74) is 6.97. The predicted octanol–water partition coefficient (Wildman–Crippen LogP) is 2.37. The van der Waals surface area contributed by atoms with Crippen LogP contribution in [-0.2, 0) is 4.79 Å². The summed E-state index contributed by atoms with van der Waals surface area (Å²) in [6, 6.07) is 9.50. The largest absolute Gasteiger partial charge is 0.356 e. The van der Waals surface area contributed by atoms with E-state index in [9.17, 15) is 4.79 Å². The van der Waals surface area contributed by atoms with E-state index >= 15 is 0 Å². The molecule has 102 valence electrons. The first-order chi connectivity index (χ1) is 8.24. The van der Waals surface area contributed by atoms with Crippen LogP contribution in [0.5, 0.6) is 0 Å². The highest BCUT2D eigenvalue weighted by Crippen LogP contribution is 2.12. The Hall–Kier alpha value is -0.710. The Morgan fingerprint density at radius 3 is 2.67 bits per heavy atom. The van der Waals surface area contributed by atoms with Crippen molar-refractivity contribution in [3.8, 4) is 0 Å². The van der Waals surface area contributed by atoms with Gasteiger partial charge in [-0.3, -0.25) is 4.79 Å². The molecule has 0 aromatic heterocycles. The lowest BCUT2D eigenvalue weighted by Crippen LogP contribution is -2.28. The summed E-state index contributed by atoms with van der Waals surface area (Å²) >= 11 is 1.79. The summed E-state index contributed by atoms with van der Waals surface area (Å²) in [7, 11) is 0. The van der Waals surface area contributed by atoms with Crippen molar-refractivity contribution in [3.63, 3.8) is 0 Å². The Labute approximate surface area is 119 Å². The second kappa shape index (κ2) is 10.2. The smallest absolute Gasteiger partial charge is 0.221 e. The van der Waals surface area contributed by atoms with E-state index < -0.39 is 0 Å². The van der Waals surface area contributed by atoms with Crippen molar-refractivity contribution in [2.24, 2.45) is 5.73 Å². The van der Waals surface area contributed by atoms with Gasteiger partial charge < -0.3 is 11.1 Å². The van der Waals surface area contributed by atoms with Gasteiger partial charge in [-0.1, -0.05) is 30.3 Å². The molecule has 1 unspecified atom stereocenters. The molecule has 1 amide bonds. The first kappa shape index (κ1) is 17.3. The van der Waals surface area contributed by atoms with Crippen molar-refractivity contribution in [2.45, 2.75) is 18.9 Å². The van der Waals surface area contributed by atoms with E-state index in [0.29, 0.717) is 6.42 Å². The Morgan fingerprint density at radius 1 is 1.39 bits per heavy atom. The maximum absolute atomic E-state index is 11.6. The van der Waals surface area contributed by atoms with Gasteiger partial charge in [0.2, 0.25) is 5.91 Å². The standard InChI is InChI=1S/C13H20N2OS.ClH/c1-17-9-5-8-15-13(16)10-12(14)11-6-3-2-4-7-11;/h2-4,6-7,12H,5,8-10,14H2,1H3,(H,15,16);1H. The molecule has 3 N–H and O–H groups in total. The van der Waals surface area contributed by atoms with Gasteiger partial charge in [-0.15, -0.1) is 12.4 Å². The van der Waals surface area contributed by atoms with E-state index in [-0.39, 0.29) is 24.4 Å². The molecular formula is C13H21ClN2OS. The van der Waals surface area contributed by atoms with Crippen LogP contribution in [0, 0.1) is 0 Å². The number of nitrogens with one attached hydrogen (secondary N) is 1. The molecule has 0 saturated heterocycles. The summed E-state index contributed by atoms with van der Waals surface area (Å²) in [6.45, 7) is 0.737. The van der Waals surface area contributed by atoms with Crippen molar-refractivity contribution in [2.75, 3.05) is 18.6 Å². The highest BCUT2D eigenvalue weighted by Gasteiger charge is 2.10. The van der Waals surface area contributed by atoms with Gasteiger partial charge in [0.25, 0.3) is 0 Å². The number of nitrogens with two attached hydrogens (primary N) is 1. The van der Waals surface area contributed by atoms with E-state index in [1.165, 1.54) is 0 Å². The van der Waals surface area contributed by atoms with Gasteiger partial charge in [0.05, 0.1) is 0 Å². The van der Waals surface area contributed by atoms with E-state index in [1.807, 2.05) is 30.3 Å². The lowest BCUT2D eigenvalue weighted by Gasteiger charge is -2.11. The minimum Gasteiger partial charge on any atom is -0.356 e. The summed E-state index contributed by atoms with van der Waals surface area (Å²) in [5, 5.41) is 2.89. The second-order valence-electron chi connectivity index (χ2n) is 3.92. The molecule has 0 radical (unpaired) electrons. The molecule has 0 bridgehead atoms. The van der Waals surface area contributed by atoms with Gasteiger partial charge in [-0.25, -0.2) is 0 Å². The van der Waals surface area contributed by atoms with Crippen molar-refractivity contribution in [1.82, 2.24) is 5.32 Å². The number of carbonyl (C=O) groups excluding carboxylic acids is 1. The molecule has 0 spiro atoms. The highest BCUT2D eigenvalue weighted by atomic mass is 35.5. The Bertz CT molecular complexity index is 335. The molecule has 5 heteroatoms. The lowest BCUT2D eigenvalue weighted by molar-refractivity contribution is -0.121. The molecule has 1 aromatic rings. The first-order valence-electron chi connectivity index (χ1n) is 5.80. The van der Waals surface area contributed by atoms with E-state index in [0.717, 1.165) is 24.3 Å². The van der Waals surface area contributed by atoms with Crippen LogP contribution in [0.25, 0.3) is 0 Å². The molecule has 0 aliphatic heterocycles. The Morgan fingerprint density at radius 2 is 2.06 bits per heavy atom. The summed E-state index contributed by atoms with van der Waals surface area (Å²) in [5.74, 6) is 1.10. The minimum atomic E-state index is -0.211. The molecule has 3 nitrogen and oxygen atoms in total. The number of hydrogen-bond acceptors (Lipinski definition) is 3. The van der Waals surface area contributed by atoms with Crippen LogP contribution >= 0.6 is 24.2 Å². The summed E-state index contributed by atoms with van der Waals surface area (Å²) in [6.07, 6.45) is 3.42. The third-order valence-electron chi connectivity index (χ3n) is 2.48. The summed E-state index contributed by atoms with van der Waals surface area (Å²) in [4.78, 5) is 11.6. The SMILES string of the molecule is CSCCCNC(=O)CC(N)c1ccccc1.Cl. The topological polar surface area (TPSA) is 55.1 Å². The number of hydrogen-bond donors (Lipinski definition) is 2. The fourth-order valence-electron chi connectivity index (χ4n) is 1.53. The van der Waals surface area contributed by atoms with Gasteiger partial charge in [-0.2, -0.15) is 11.8 Å². The molecule has 1 rings (SSSR count). The normalized spacial score (nSPS) is 11.4. The zero-order chi connectivity index (χ0) is 12.5. The number of rotatable bonds is 7. The van der Waals surface area contributed by atoms with Crippen LogP contribution in [0.4, 0.5) is 0 Å². The molecule has 0 fully saturated rings. The van der Waals surface area contributed by atoms with Crippen LogP contribution < -0.4 is 11.1 Å². The quantitative estimate of drug-likeness (QED) is 0.758. The predicted molar refractivity (Wildman–Crippen MR) is 81.2 cm³/mol. The number of carbonyl (C=O) groups is 1. The number of thioether (sulfide) groups is 1. The van der Waals surface area contributed by atoms with Crippen LogP contribution in [0.2, 0.25) is 0 Å². The van der Waals surface area contributed by atoms with Gasteiger partial charge >= 0.3 is 0 Å². The van der Waals surface area contributed by atoms with Crippen LogP contribution in [-0.4, -0.2) is 24.5 Å². The third-order valence-corrected chi connectivity index (χ3v) is 3.18. The van der Waals surface area contributed by atoms with Crippen LogP contribution in [0.3, 0.4) is 0 Å². The summed E-state index contributed by atoms with van der Waals surface area (Å²) < 4.78 is 0. The van der Waals surface area contributed by atoms with Crippen molar-refractivity contribution >= 4 is 30.1 Å². The average molecular weight is 289 g/mol. The average Bonchev–Trinajstić information content (AvgIpc) is 2.36. The Kier molecular flexibility index (Phi) is 9.83. The Balaban J connectivity index is 0.00000289. The molecule has 0 saturated carbocycles. The monoisotopic (exact) mass is 288 g/mol. The fourth-order valence-corrected chi connectivity index (χ4v) is 1.97. The molecule has 1 aromatic carbocycles. The maximum Gasteiger partial charge on any atom is 0.221 e. The van der Waals surface area contributed by atoms with E-state index in [4.69, 9.17) is 5.73 Å². The van der Waals surface area contributed by atoms with Gasteiger partial charge in [0, 0.05) is 19.0 Å². The fraction of sp³-hybridized carbons (Fsp3) is 0.462. The van der Waals surface area contributed by atoms with E-state index in [1.54, 1.807) is 11.8 Å². The molecule has 0 heterocycles. The second-order valence-corrected chi connectivity index (χ2v) is 4.90. The number of amides is 1. The van der Waals surface area contributed by atoms with Crippen LogP contribution in [0.1, 0.15) is 24.4 Å². The minimum absolute atomic E-state index is 0. The third kappa shape index (κ3) is 6.89. The molecular weight excluding hydrogens is 268 g/mol. The van der Waals surface area contributed by atoms with Crippen molar-refractivity contribution < 1.29 is 4.79 Å². The van der Waals surface area contributed by atoms with Crippen LogP contribution in [0.15, 0.2) is 30.3 Å². The zero-order valence-corrected chi connectivity index (χ0v) is 12.2. The highest BCUT2D eigenvalue weighted by molar-refractivity contribution is 7.98. The number of benzene rings is 1.